The SMILES string of the molecule is CNOP(=O)(O)OCc1ccc(C(C)(C)C)cc1Cl. The van der Waals surface area contributed by atoms with Gasteiger partial charge in [0.1, 0.15) is 0 Å². The van der Waals surface area contributed by atoms with Gasteiger partial charge in [0.15, 0.2) is 0 Å². The van der Waals surface area contributed by atoms with E-state index in [2.05, 4.69) is 30.9 Å². The van der Waals surface area contributed by atoms with Crippen molar-refractivity contribution in [2.75, 3.05) is 7.05 Å². The topological polar surface area (TPSA) is 67.8 Å². The molecule has 2 N–H and O–H groups in total. The minimum absolute atomic E-state index is 0.00939. The summed E-state index contributed by atoms with van der Waals surface area (Å²) in [7, 11) is -2.72. The first-order chi connectivity index (χ1) is 8.65. The van der Waals surface area contributed by atoms with Crippen molar-refractivity contribution in [1.82, 2.24) is 5.48 Å². The van der Waals surface area contributed by atoms with Crippen LogP contribution in [0.15, 0.2) is 18.2 Å². The van der Waals surface area contributed by atoms with Crippen molar-refractivity contribution >= 4 is 19.4 Å². The van der Waals surface area contributed by atoms with Gasteiger partial charge in [-0.15, -0.1) is 0 Å². The van der Waals surface area contributed by atoms with Gasteiger partial charge >= 0.3 is 7.82 Å². The third-order valence-electron chi connectivity index (χ3n) is 2.51. The molecule has 0 aliphatic heterocycles. The average Bonchev–Trinajstić information content (AvgIpc) is 2.26. The van der Waals surface area contributed by atoms with Crippen LogP contribution in [0.2, 0.25) is 5.02 Å². The van der Waals surface area contributed by atoms with Gasteiger partial charge in [0.25, 0.3) is 0 Å². The zero-order chi connectivity index (χ0) is 14.7. The van der Waals surface area contributed by atoms with E-state index in [1.165, 1.54) is 7.05 Å². The van der Waals surface area contributed by atoms with Crippen molar-refractivity contribution in [1.29, 1.82) is 0 Å². The largest absolute Gasteiger partial charge is 0.489 e. The number of halogens is 1. The smallest absolute Gasteiger partial charge is 0.301 e. The number of hydrogen-bond acceptors (Lipinski definition) is 4. The van der Waals surface area contributed by atoms with Crippen LogP contribution in [0.4, 0.5) is 0 Å². The Kier molecular flexibility index (Phi) is 5.56. The monoisotopic (exact) mass is 307 g/mol. The van der Waals surface area contributed by atoms with Crippen molar-refractivity contribution in [3.8, 4) is 0 Å². The van der Waals surface area contributed by atoms with Crippen LogP contribution < -0.4 is 5.48 Å². The predicted molar refractivity (Wildman–Crippen MR) is 74.9 cm³/mol. The van der Waals surface area contributed by atoms with Crippen LogP contribution >= 0.6 is 19.4 Å². The van der Waals surface area contributed by atoms with Crippen LogP contribution in [0.1, 0.15) is 31.9 Å². The summed E-state index contributed by atoms with van der Waals surface area (Å²) >= 11 is 6.13. The van der Waals surface area contributed by atoms with Crippen molar-refractivity contribution in [2.24, 2.45) is 0 Å². The molecule has 0 aliphatic rings. The fraction of sp³-hybridized carbons (Fsp3) is 0.500. The van der Waals surface area contributed by atoms with Crippen molar-refractivity contribution in [3.63, 3.8) is 0 Å². The summed E-state index contributed by atoms with van der Waals surface area (Å²) in [6.45, 7) is 6.14. The Hall–Kier alpha value is -0.420. The van der Waals surface area contributed by atoms with Gasteiger partial charge in [-0.25, -0.2) is 4.57 Å². The van der Waals surface area contributed by atoms with E-state index in [9.17, 15) is 9.46 Å². The summed E-state index contributed by atoms with van der Waals surface area (Å²) in [4.78, 5) is 9.26. The second-order valence-corrected chi connectivity index (χ2v) is 6.88. The first-order valence-electron chi connectivity index (χ1n) is 5.77. The van der Waals surface area contributed by atoms with E-state index in [-0.39, 0.29) is 12.0 Å². The Balaban J connectivity index is 2.79. The van der Waals surface area contributed by atoms with Gasteiger partial charge in [0.2, 0.25) is 0 Å². The molecular formula is C12H19ClNO4P. The molecule has 5 nitrogen and oxygen atoms in total. The maximum atomic E-state index is 11.3. The summed E-state index contributed by atoms with van der Waals surface area (Å²) < 4.78 is 20.5. The molecule has 0 fully saturated rings. The maximum Gasteiger partial charge on any atom is 0.489 e. The molecule has 0 saturated heterocycles. The summed E-state index contributed by atoms with van der Waals surface area (Å²) in [5.41, 5.74) is 3.82. The number of benzene rings is 1. The number of hydroxylamine groups is 1. The average molecular weight is 308 g/mol. The fourth-order valence-corrected chi connectivity index (χ4v) is 2.24. The second-order valence-electron chi connectivity index (χ2n) is 5.09. The summed E-state index contributed by atoms with van der Waals surface area (Å²) in [6, 6.07) is 5.54. The van der Waals surface area contributed by atoms with Gasteiger partial charge in [-0.3, -0.25) is 4.52 Å². The van der Waals surface area contributed by atoms with Crippen LogP contribution in [0.25, 0.3) is 0 Å². The van der Waals surface area contributed by atoms with E-state index >= 15 is 0 Å². The van der Waals surface area contributed by atoms with Crippen LogP contribution in [-0.4, -0.2) is 11.9 Å². The highest BCUT2D eigenvalue weighted by atomic mass is 35.5. The standard InChI is InChI=1S/C12H19ClNO4P/c1-12(2,3)10-6-5-9(11(13)7-10)8-17-19(15,16)18-14-4/h5-7,14H,8H2,1-4H3,(H,15,16). The predicted octanol–water partition coefficient (Wildman–Crippen LogP) is 3.41. The molecule has 0 bridgehead atoms. The van der Waals surface area contributed by atoms with Crippen LogP contribution in [-0.2, 0) is 25.7 Å². The van der Waals surface area contributed by atoms with Crippen LogP contribution in [0.5, 0.6) is 0 Å². The van der Waals surface area contributed by atoms with E-state index in [0.717, 1.165) is 5.56 Å². The lowest BCUT2D eigenvalue weighted by atomic mass is 9.87. The first kappa shape index (κ1) is 16.6. The fourth-order valence-electron chi connectivity index (χ4n) is 1.42. The second kappa shape index (κ2) is 6.35. The minimum Gasteiger partial charge on any atom is -0.301 e. The molecule has 108 valence electrons. The molecule has 1 unspecified atom stereocenters. The molecule has 1 rings (SSSR count). The van der Waals surface area contributed by atoms with Gasteiger partial charge in [0.05, 0.1) is 6.61 Å². The van der Waals surface area contributed by atoms with E-state index in [1.54, 1.807) is 6.07 Å². The number of hydrogen-bond donors (Lipinski definition) is 2. The highest BCUT2D eigenvalue weighted by Crippen LogP contribution is 2.43. The lowest BCUT2D eigenvalue weighted by Crippen LogP contribution is -2.11. The molecule has 19 heavy (non-hydrogen) atoms. The normalized spacial score (nSPS) is 15.3. The van der Waals surface area contributed by atoms with Gasteiger partial charge in [-0.1, -0.05) is 44.5 Å². The third kappa shape index (κ3) is 5.22. The van der Waals surface area contributed by atoms with E-state index in [4.69, 9.17) is 16.1 Å². The summed E-state index contributed by atoms with van der Waals surface area (Å²) in [6.07, 6.45) is 0. The molecule has 0 spiro atoms. The summed E-state index contributed by atoms with van der Waals surface area (Å²) in [5.74, 6) is 0. The van der Waals surface area contributed by atoms with Gasteiger partial charge in [0, 0.05) is 12.1 Å². The van der Waals surface area contributed by atoms with Crippen molar-refractivity contribution in [3.05, 3.63) is 34.3 Å². The Labute approximate surface area is 118 Å². The Morgan fingerprint density at radius 1 is 1.42 bits per heavy atom. The minimum atomic E-state index is -4.09. The van der Waals surface area contributed by atoms with Crippen LogP contribution in [0.3, 0.4) is 0 Å². The number of nitrogens with one attached hydrogen (secondary N) is 1. The third-order valence-corrected chi connectivity index (χ3v) is 3.73. The summed E-state index contributed by atoms with van der Waals surface area (Å²) in [5, 5.41) is 0.497. The molecule has 0 aliphatic carbocycles. The molecule has 0 amide bonds. The Morgan fingerprint density at radius 2 is 2.05 bits per heavy atom. The molecule has 1 aromatic carbocycles. The molecule has 0 radical (unpaired) electrons. The van der Waals surface area contributed by atoms with Crippen LogP contribution in [0, 0.1) is 0 Å². The van der Waals surface area contributed by atoms with E-state index in [0.29, 0.717) is 10.6 Å². The number of phosphoric ester groups is 1. The quantitative estimate of drug-likeness (QED) is 0.644. The Morgan fingerprint density at radius 3 is 2.53 bits per heavy atom. The van der Waals surface area contributed by atoms with Gasteiger partial charge in [-0.05, 0) is 22.6 Å². The molecule has 1 aromatic rings. The van der Waals surface area contributed by atoms with Crippen molar-refractivity contribution in [2.45, 2.75) is 32.8 Å². The Bertz CT molecular complexity index is 487. The zero-order valence-corrected chi connectivity index (χ0v) is 13.1. The molecule has 0 aromatic heterocycles. The number of phosphoric acid groups is 1. The van der Waals surface area contributed by atoms with E-state index in [1.807, 2.05) is 12.1 Å². The molecule has 1 atom stereocenters. The highest BCUT2D eigenvalue weighted by Gasteiger charge is 2.22. The zero-order valence-electron chi connectivity index (χ0n) is 11.4. The molecular weight excluding hydrogens is 289 g/mol. The molecule has 0 heterocycles. The lowest BCUT2D eigenvalue weighted by Gasteiger charge is -2.20. The molecule has 7 heteroatoms. The van der Waals surface area contributed by atoms with Crippen molar-refractivity contribution < 1.29 is 18.6 Å². The van der Waals surface area contributed by atoms with Gasteiger partial charge in [-0.2, -0.15) is 10.1 Å². The highest BCUT2D eigenvalue weighted by molar-refractivity contribution is 7.47. The van der Waals surface area contributed by atoms with Gasteiger partial charge < -0.3 is 4.89 Å². The lowest BCUT2D eigenvalue weighted by molar-refractivity contribution is 0.104. The molecule has 0 saturated carbocycles. The number of rotatable bonds is 5. The van der Waals surface area contributed by atoms with E-state index < -0.39 is 7.82 Å². The maximum absolute atomic E-state index is 11.3. The first-order valence-corrected chi connectivity index (χ1v) is 7.64.